The van der Waals surface area contributed by atoms with Crippen molar-refractivity contribution < 1.29 is 13.2 Å². The molecule has 1 amide bonds. The van der Waals surface area contributed by atoms with Crippen LogP contribution in [0.4, 0.5) is 0 Å². The molecule has 6 nitrogen and oxygen atoms in total. The second-order valence-electron chi connectivity index (χ2n) is 6.92. The largest absolute Gasteiger partial charge is 0.305 e. The Hall–Kier alpha value is -1.48. The summed E-state index contributed by atoms with van der Waals surface area (Å²) in [7, 11) is -3.83. The van der Waals surface area contributed by atoms with Gasteiger partial charge < -0.3 is 4.57 Å². The van der Waals surface area contributed by atoms with Crippen molar-refractivity contribution in [2.24, 2.45) is 4.99 Å². The number of hydrogen-bond donors (Lipinski definition) is 0. The van der Waals surface area contributed by atoms with Gasteiger partial charge in [-0.25, -0.2) is 8.42 Å². The van der Waals surface area contributed by atoms with Crippen LogP contribution in [0.5, 0.6) is 0 Å². The Labute approximate surface area is 201 Å². The fourth-order valence-corrected chi connectivity index (χ4v) is 8.39. The van der Waals surface area contributed by atoms with Gasteiger partial charge in [-0.05, 0) is 43.2 Å². The minimum atomic E-state index is -3.83. The lowest BCUT2D eigenvalue weighted by Gasteiger charge is -2.31. The molecule has 162 valence electrons. The van der Waals surface area contributed by atoms with E-state index in [2.05, 4.69) is 26.8 Å². The van der Waals surface area contributed by atoms with Gasteiger partial charge in [-0.3, -0.25) is 4.79 Å². The molecular weight excluding hydrogens is 542 g/mol. The van der Waals surface area contributed by atoms with Gasteiger partial charge in [0.05, 0.1) is 21.1 Å². The fraction of sp³-hybridized carbons (Fsp3) is 0.300. The molecule has 1 aliphatic heterocycles. The van der Waals surface area contributed by atoms with E-state index in [0.29, 0.717) is 22.0 Å². The van der Waals surface area contributed by atoms with Crippen LogP contribution in [-0.4, -0.2) is 35.8 Å². The van der Waals surface area contributed by atoms with Crippen molar-refractivity contribution in [2.75, 3.05) is 6.54 Å². The average molecular weight is 559 g/mol. The normalized spacial score (nSPS) is 18.4. The van der Waals surface area contributed by atoms with Crippen molar-refractivity contribution >= 4 is 76.4 Å². The molecule has 1 unspecified atom stereocenters. The topological polar surface area (TPSA) is 71.7 Å². The van der Waals surface area contributed by atoms with Crippen LogP contribution in [0.2, 0.25) is 4.34 Å². The maximum absolute atomic E-state index is 13.2. The summed E-state index contributed by atoms with van der Waals surface area (Å²) in [6, 6.07) is 7.91. The van der Waals surface area contributed by atoms with E-state index >= 15 is 0 Å². The molecule has 3 aromatic rings. The number of amides is 1. The molecule has 1 atom stereocenters. The third-order valence-corrected chi connectivity index (χ3v) is 10.1. The zero-order valence-electron chi connectivity index (χ0n) is 16.1. The summed E-state index contributed by atoms with van der Waals surface area (Å²) in [4.78, 5) is 18.0. The number of rotatable bonds is 4. The molecular formula is C20H17BrClN3O3S3. The maximum Gasteiger partial charge on any atom is 0.266 e. The number of terminal acetylenes is 1. The van der Waals surface area contributed by atoms with Gasteiger partial charge in [0.1, 0.15) is 10.3 Å². The molecule has 11 heteroatoms. The monoisotopic (exact) mass is 557 g/mol. The molecule has 0 spiro atoms. The quantitative estimate of drug-likeness (QED) is 0.443. The van der Waals surface area contributed by atoms with Crippen LogP contribution >= 0.6 is 50.2 Å². The number of fused-ring (bicyclic) bond motifs is 1. The van der Waals surface area contributed by atoms with Crippen LogP contribution in [0.1, 0.15) is 19.3 Å². The van der Waals surface area contributed by atoms with Crippen molar-refractivity contribution in [3.05, 3.63) is 43.9 Å². The second kappa shape index (κ2) is 9.17. The molecule has 1 saturated heterocycles. The lowest BCUT2D eigenvalue weighted by molar-refractivity contribution is -0.122. The summed E-state index contributed by atoms with van der Waals surface area (Å²) in [6.45, 7) is 0.529. The van der Waals surface area contributed by atoms with Gasteiger partial charge in [0.2, 0.25) is 0 Å². The van der Waals surface area contributed by atoms with Gasteiger partial charge in [-0.15, -0.1) is 17.8 Å². The van der Waals surface area contributed by atoms with Crippen molar-refractivity contribution in [3.63, 3.8) is 0 Å². The smallest absolute Gasteiger partial charge is 0.266 e. The van der Waals surface area contributed by atoms with Gasteiger partial charge >= 0.3 is 0 Å². The lowest BCUT2D eigenvalue weighted by Crippen LogP contribution is -2.47. The average Bonchev–Trinajstić information content (AvgIpc) is 3.32. The zero-order valence-corrected chi connectivity index (χ0v) is 20.9. The number of halogens is 2. The predicted molar refractivity (Wildman–Crippen MR) is 128 cm³/mol. The SMILES string of the molecule is C#CCn1c(=NC(=O)C2CCCCN2S(=O)(=O)c2ccc(Cl)s2)sc2cc(Br)ccc21. The Bertz CT molecular complexity index is 1370. The van der Waals surface area contributed by atoms with Crippen molar-refractivity contribution in [3.8, 4) is 12.3 Å². The summed E-state index contributed by atoms with van der Waals surface area (Å²) in [5, 5.41) is 0. The summed E-state index contributed by atoms with van der Waals surface area (Å²) in [5.74, 6) is 2.11. The number of sulfonamides is 1. The van der Waals surface area contributed by atoms with E-state index in [1.165, 1.54) is 21.7 Å². The van der Waals surface area contributed by atoms with Crippen LogP contribution in [0.25, 0.3) is 10.2 Å². The molecule has 1 aliphatic rings. The van der Waals surface area contributed by atoms with E-state index in [0.717, 1.165) is 32.4 Å². The first-order valence-corrected chi connectivity index (χ1v) is 13.6. The molecule has 1 aromatic carbocycles. The van der Waals surface area contributed by atoms with E-state index in [4.69, 9.17) is 18.0 Å². The lowest BCUT2D eigenvalue weighted by atomic mass is 10.0. The molecule has 0 bridgehead atoms. The minimum Gasteiger partial charge on any atom is -0.305 e. The van der Waals surface area contributed by atoms with Crippen LogP contribution in [0.15, 0.2) is 44.0 Å². The Morgan fingerprint density at radius 3 is 2.81 bits per heavy atom. The molecule has 4 rings (SSSR count). The standard InChI is InChI=1S/C20H17BrClN3O3S3/c1-2-10-24-14-7-6-13(21)12-16(14)29-20(24)23-19(26)15-5-3-4-11-25(15)31(27,28)18-9-8-17(22)30-18/h1,6-9,12,15H,3-5,10-11H2. The maximum atomic E-state index is 13.2. The number of benzene rings is 1. The first-order chi connectivity index (χ1) is 14.8. The third kappa shape index (κ3) is 4.53. The van der Waals surface area contributed by atoms with E-state index in [-0.39, 0.29) is 17.3 Å². The molecule has 2 aromatic heterocycles. The highest BCUT2D eigenvalue weighted by Crippen LogP contribution is 2.32. The highest BCUT2D eigenvalue weighted by Gasteiger charge is 2.38. The second-order valence-corrected chi connectivity index (χ2v) is 12.7. The first kappa shape index (κ1) is 22.7. The molecule has 31 heavy (non-hydrogen) atoms. The Morgan fingerprint density at radius 1 is 1.29 bits per heavy atom. The van der Waals surface area contributed by atoms with E-state index in [1.54, 1.807) is 10.6 Å². The molecule has 0 aliphatic carbocycles. The Morgan fingerprint density at radius 2 is 2.10 bits per heavy atom. The highest BCUT2D eigenvalue weighted by atomic mass is 79.9. The molecule has 0 N–H and O–H groups in total. The number of thiophene rings is 1. The van der Waals surface area contributed by atoms with Gasteiger partial charge in [-0.1, -0.05) is 51.2 Å². The molecule has 1 fully saturated rings. The van der Waals surface area contributed by atoms with Gasteiger partial charge in [0.25, 0.3) is 15.9 Å². The van der Waals surface area contributed by atoms with Crippen molar-refractivity contribution in [1.29, 1.82) is 0 Å². The Balaban J connectivity index is 1.75. The summed E-state index contributed by atoms with van der Waals surface area (Å²) in [5.41, 5.74) is 0.874. The van der Waals surface area contributed by atoms with Crippen LogP contribution in [-0.2, 0) is 21.4 Å². The first-order valence-electron chi connectivity index (χ1n) is 9.39. The summed E-state index contributed by atoms with van der Waals surface area (Å²) in [6.07, 6.45) is 7.40. The van der Waals surface area contributed by atoms with Crippen molar-refractivity contribution in [1.82, 2.24) is 8.87 Å². The Kier molecular flexibility index (Phi) is 6.72. The van der Waals surface area contributed by atoms with Crippen LogP contribution < -0.4 is 4.80 Å². The molecule has 3 heterocycles. The van der Waals surface area contributed by atoms with Gasteiger partial charge in [0, 0.05) is 11.0 Å². The molecule has 0 saturated carbocycles. The molecule has 0 radical (unpaired) electrons. The van der Waals surface area contributed by atoms with E-state index in [1.807, 2.05) is 18.2 Å². The van der Waals surface area contributed by atoms with E-state index in [9.17, 15) is 13.2 Å². The number of carbonyl (C=O) groups excluding carboxylic acids is 1. The van der Waals surface area contributed by atoms with Crippen LogP contribution in [0.3, 0.4) is 0 Å². The summed E-state index contributed by atoms with van der Waals surface area (Å²) < 4.78 is 31.7. The highest BCUT2D eigenvalue weighted by molar-refractivity contribution is 9.10. The van der Waals surface area contributed by atoms with Gasteiger partial charge in [0.15, 0.2) is 4.80 Å². The third-order valence-electron chi connectivity index (χ3n) is 4.95. The van der Waals surface area contributed by atoms with Crippen molar-refractivity contribution in [2.45, 2.75) is 36.1 Å². The number of hydrogen-bond acceptors (Lipinski definition) is 5. The number of carbonyl (C=O) groups is 1. The number of piperidine rings is 1. The number of nitrogens with zero attached hydrogens (tertiary/aromatic N) is 3. The zero-order chi connectivity index (χ0) is 22.2. The number of thiazole rings is 1. The van der Waals surface area contributed by atoms with Gasteiger partial charge in [-0.2, -0.15) is 9.30 Å². The fourth-order valence-electron chi connectivity index (χ4n) is 3.54. The van der Waals surface area contributed by atoms with Crippen LogP contribution in [0, 0.1) is 12.3 Å². The number of aromatic nitrogens is 1. The van der Waals surface area contributed by atoms with E-state index < -0.39 is 22.0 Å². The predicted octanol–water partition coefficient (Wildman–Crippen LogP) is 4.48. The minimum absolute atomic E-state index is 0.131. The summed E-state index contributed by atoms with van der Waals surface area (Å²) >= 11 is 11.7.